The van der Waals surface area contributed by atoms with Crippen molar-refractivity contribution >= 4 is 10.0 Å². The van der Waals surface area contributed by atoms with Crippen molar-refractivity contribution in [3.8, 4) is 6.07 Å². The zero-order chi connectivity index (χ0) is 10.4. The lowest BCUT2D eigenvalue weighted by Gasteiger charge is -2.04. The number of hydrogen-bond acceptors (Lipinski definition) is 3. The molecule has 1 N–H and O–H groups in total. The predicted molar refractivity (Wildman–Crippen MR) is 54.0 cm³/mol. The van der Waals surface area contributed by atoms with Crippen LogP contribution in [0.1, 0.15) is 32.1 Å². The second-order valence-electron chi connectivity index (χ2n) is 3.73. The SMILES string of the molecule is N#CCCCCNS(=O)(=O)CC1CC1. The van der Waals surface area contributed by atoms with Gasteiger partial charge in [0.15, 0.2) is 0 Å². The summed E-state index contributed by atoms with van der Waals surface area (Å²) in [6.07, 6.45) is 4.12. The first-order valence-corrected chi connectivity index (χ1v) is 6.63. The molecule has 5 heteroatoms. The van der Waals surface area contributed by atoms with Crippen molar-refractivity contribution in [2.75, 3.05) is 12.3 Å². The zero-order valence-electron chi connectivity index (χ0n) is 8.20. The summed E-state index contributed by atoms with van der Waals surface area (Å²) in [5.41, 5.74) is 0. The molecule has 0 spiro atoms. The molecular weight excluding hydrogens is 200 g/mol. The van der Waals surface area contributed by atoms with E-state index >= 15 is 0 Å². The monoisotopic (exact) mass is 216 g/mol. The Kier molecular flexibility index (Phi) is 4.36. The summed E-state index contributed by atoms with van der Waals surface area (Å²) < 4.78 is 25.2. The highest BCUT2D eigenvalue weighted by Gasteiger charge is 2.27. The number of nitriles is 1. The van der Waals surface area contributed by atoms with Crippen LogP contribution in [0.5, 0.6) is 0 Å². The number of nitrogens with one attached hydrogen (secondary N) is 1. The van der Waals surface area contributed by atoms with Crippen molar-refractivity contribution in [1.29, 1.82) is 5.26 Å². The molecule has 0 aromatic rings. The average Bonchev–Trinajstić information content (AvgIpc) is 2.87. The molecule has 1 aliphatic rings. The van der Waals surface area contributed by atoms with Crippen LogP contribution in [-0.4, -0.2) is 20.7 Å². The fourth-order valence-electron chi connectivity index (χ4n) is 1.21. The van der Waals surface area contributed by atoms with E-state index in [9.17, 15) is 8.42 Å². The van der Waals surface area contributed by atoms with Crippen molar-refractivity contribution < 1.29 is 8.42 Å². The van der Waals surface area contributed by atoms with Crippen LogP contribution >= 0.6 is 0 Å². The summed E-state index contributed by atoms with van der Waals surface area (Å²) in [6, 6.07) is 2.03. The van der Waals surface area contributed by atoms with Crippen molar-refractivity contribution in [2.24, 2.45) is 5.92 Å². The van der Waals surface area contributed by atoms with Gasteiger partial charge in [-0.2, -0.15) is 5.26 Å². The molecule has 1 aliphatic carbocycles. The number of nitrogens with zero attached hydrogens (tertiary/aromatic N) is 1. The van der Waals surface area contributed by atoms with Gasteiger partial charge in [-0.05, 0) is 31.6 Å². The summed E-state index contributed by atoms with van der Waals surface area (Å²) >= 11 is 0. The molecular formula is C9H16N2O2S. The van der Waals surface area contributed by atoms with E-state index < -0.39 is 10.0 Å². The van der Waals surface area contributed by atoms with Gasteiger partial charge in [-0.15, -0.1) is 0 Å². The van der Waals surface area contributed by atoms with Crippen molar-refractivity contribution in [3.63, 3.8) is 0 Å². The maximum absolute atomic E-state index is 11.3. The van der Waals surface area contributed by atoms with E-state index in [-0.39, 0.29) is 5.75 Å². The van der Waals surface area contributed by atoms with Gasteiger partial charge in [-0.25, -0.2) is 13.1 Å². The Hall–Kier alpha value is -0.600. The molecule has 0 unspecified atom stereocenters. The Balaban J connectivity index is 2.07. The molecule has 1 saturated carbocycles. The molecule has 0 bridgehead atoms. The lowest BCUT2D eigenvalue weighted by atomic mass is 10.2. The van der Waals surface area contributed by atoms with E-state index in [0.717, 1.165) is 25.7 Å². The van der Waals surface area contributed by atoms with E-state index in [2.05, 4.69) is 4.72 Å². The van der Waals surface area contributed by atoms with Gasteiger partial charge in [0.25, 0.3) is 0 Å². The summed E-state index contributed by atoms with van der Waals surface area (Å²) in [7, 11) is -3.04. The molecule has 0 saturated heterocycles. The molecule has 4 nitrogen and oxygen atoms in total. The van der Waals surface area contributed by atoms with Gasteiger partial charge in [0.2, 0.25) is 10.0 Å². The maximum atomic E-state index is 11.3. The molecule has 0 aromatic heterocycles. The summed E-state index contributed by atoms with van der Waals surface area (Å²) in [6.45, 7) is 0.469. The Labute approximate surface area is 85.4 Å². The number of rotatable bonds is 7. The molecule has 0 amide bonds. The first-order valence-electron chi connectivity index (χ1n) is 4.98. The highest BCUT2D eigenvalue weighted by Crippen LogP contribution is 2.29. The van der Waals surface area contributed by atoms with E-state index in [0.29, 0.717) is 18.9 Å². The van der Waals surface area contributed by atoms with Crippen LogP contribution in [0.15, 0.2) is 0 Å². The molecule has 1 rings (SSSR count). The van der Waals surface area contributed by atoms with Gasteiger partial charge in [0.1, 0.15) is 0 Å². The largest absolute Gasteiger partial charge is 0.215 e. The minimum Gasteiger partial charge on any atom is -0.215 e. The zero-order valence-corrected chi connectivity index (χ0v) is 9.02. The van der Waals surface area contributed by atoms with Crippen molar-refractivity contribution in [3.05, 3.63) is 0 Å². The molecule has 0 aromatic carbocycles. The normalized spacial score (nSPS) is 16.5. The number of unbranched alkanes of at least 4 members (excludes halogenated alkanes) is 2. The quantitative estimate of drug-likeness (QED) is 0.646. The average molecular weight is 216 g/mol. The van der Waals surface area contributed by atoms with Gasteiger partial charge in [-0.3, -0.25) is 0 Å². The van der Waals surface area contributed by atoms with E-state index in [1.54, 1.807) is 0 Å². The fraction of sp³-hybridized carbons (Fsp3) is 0.889. The minimum atomic E-state index is -3.04. The maximum Gasteiger partial charge on any atom is 0.211 e. The van der Waals surface area contributed by atoms with Gasteiger partial charge in [-0.1, -0.05) is 0 Å². The first-order chi connectivity index (χ1) is 6.64. The Bertz CT molecular complexity index is 301. The van der Waals surface area contributed by atoms with Crippen LogP contribution in [0.25, 0.3) is 0 Å². The lowest BCUT2D eigenvalue weighted by Crippen LogP contribution is -2.28. The third-order valence-electron chi connectivity index (χ3n) is 2.19. The number of hydrogen-bond donors (Lipinski definition) is 1. The molecule has 0 aliphatic heterocycles. The topological polar surface area (TPSA) is 70.0 Å². The van der Waals surface area contributed by atoms with Gasteiger partial charge in [0, 0.05) is 13.0 Å². The number of sulfonamides is 1. The third kappa shape index (κ3) is 5.20. The summed E-state index contributed by atoms with van der Waals surface area (Å²) in [5, 5.41) is 8.26. The summed E-state index contributed by atoms with van der Waals surface area (Å²) in [4.78, 5) is 0. The standard InChI is InChI=1S/C9H16N2O2S/c10-6-2-1-3-7-11-14(12,13)8-9-4-5-9/h9,11H,1-5,7-8H2. The third-order valence-corrected chi connectivity index (χ3v) is 3.74. The van der Waals surface area contributed by atoms with Crippen LogP contribution in [0.4, 0.5) is 0 Å². The van der Waals surface area contributed by atoms with E-state index in [1.807, 2.05) is 6.07 Å². The minimum absolute atomic E-state index is 0.283. The molecule has 80 valence electrons. The highest BCUT2D eigenvalue weighted by atomic mass is 32.2. The molecule has 14 heavy (non-hydrogen) atoms. The highest BCUT2D eigenvalue weighted by molar-refractivity contribution is 7.89. The molecule has 0 heterocycles. The predicted octanol–water partition coefficient (Wildman–Crippen LogP) is 1.01. The Morgan fingerprint density at radius 2 is 2.07 bits per heavy atom. The fourth-order valence-corrected chi connectivity index (χ4v) is 2.74. The van der Waals surface area contributed by atoms with Crippen LogP contribution < -0.4 is 4.72 Å². The van der Waals surface area contributed by atoms with Crippen molar-refractivity contribution in [2.45, 2.75) is 32.1 Å². The molecule has 0 atom stereocenters. The van der Waals surface area contributed by atoms with Crippen LogP contribution in [0, 0.1) is 17.2 Å². The van der Waals surface area contributed by atoms with Gasteiger partial charge >= 0.3 is 0 Å². The molecule has 1 fully saturated rings. The van der Waals surface area contributed by atoms with E-state index in [4.69, 9.17) is 5.26 Å². The van der Waals surface area contributed by atoms with E-state index in [1.165, 1.54) is 0 Å². The second kappa shape index (κ2) is 5.32. The lowest BCUT2D eigenvalue weighted by molar-refractivity contribution is 0.573. The Morgan fingerprint density at radius 1 is 1.36 bits per heavy atom. The smallest absolute Gasteiger partial charge is 0.211 e. The van der Waals surface area contributed by atoms with Crippen LogP contribution in [-0.2, 0) is 10.0 Å². The van der Waals surface area contributed by atoms with Gasteiger partial charge < -0.3 is 0 Å². The second-order valence-corrected chi connectivity index (χ2v) is 5.59. The van der Waals surface area contributed by atoms with Gasteiger partial charge in [0.05, 0.1) is 11.8 Å². The first kappa shape index (κ1) is 11.5. The Morgan fingerprint density at radius 3 is 2.64 bits per heavy atom. The summed E-state index contributed by atoms with van der Waals surface area (Å²) in [5.74, 6) is 0.678. The van der Waals surface area contributed by atoms with Crippen molar-refractivity contribution in [1.82, 2.24) is 4.72 Å². The van der Waals surface area contributed by atoms with Crippen LogP contribution in [0.2, 0.25) is 0 Å². The molecule has 0 radical (unpaired) electrons. The van der Waals surface area contributed by atoms with Crippen LogP contribution in [0.3, 0.4) is 0 Å².